The molecule has 2 heterocycles. The summed E-state index contributed by atoms with van der Waals surface area (Å²) in [6.45, 7) is 1.53. The van der Waals surface area contributed by atoms with Crippen molar-refractivity contribution in [3.63, 3.8) is 0 Å². The molecule has 0 aromatic carbocycles. The Hall–Kier alpha value is -1.90. The summed E-state index contributed by atoms with van der Waals surface area (Å²) in [7, 11) is 0. The number of hydrogen-bond donors (Lipinski definition) is 1. The maximum absolute atomic E-state index is 10.8. The summed E-state index contributed by atoms with van der Waals surface area (Å²) >= 11 is 0. The molecule has 0 spiro atoms. The van der Waals surface area contributed by atoms with Gasteiger partial charge in [0, 0.05) is 23.3 Å². The van der Waals surface area contributed by atoms with Crippen molar-refractivity contribution in [1.82, 2.24) is 9.97 Å². The molecule has 14 heavy (non-hydrogen) atoms. The third kappa shape index (κ3) is 1.57. The number of H-pyrrole nitrogens is 1. The summed E-state index contributed by atoms with van der Waals surface area (Å²) < 4.78 is 0. The van der Waals surface area contributed by atoms with Crippen molar-refractivity contribution in [3.05, 3.63) is 36.2 Å². The minimum absolute atomic E-state index is 0.0447. The van der Waals surface area contributed by atoms with E-state index in [1.165, 1.54) is 6.92 Å². The van der Waals surface area contributed by atoms with Crippen molar-refractivity contribution in [2.45, 2.75) is 6.92 Å². The molecule has 3 nitrogen and oxygen atoms in total. The number of aromatic nitrogens is 2. The van der Waals surface area contributed by atoms with Crippen LogP contribution in [-0.4, -0.2) is 15.8 Å². The lowest BCUT2D eigenvalue weighted by atomic mass is 10.2. The van der Waals surface area contributed by atoms with E-state index < -0.39 is 0 Å². The molecule has 1 N–H and O–H groups in total. The highest BCUT2D eigenvalue weighted by Gasteiger charge is 1.99. The molecule has 0 bridgehead atoms. The monoisotopic (exact) mass is 186 g/mol. The van der Waals surface area contributed by atoms with Crippen molar-refractivity contribution in [2.75, 3.05) is 0 Å². The topological polar surface area (TPSA) is 45.8 Å². The van der Waals surface area contributed by atoms with Crippen LogP contribution in [0.1, 0.15) is 12.5 Å². The Labute approximate surface area is 81.5 Å². The van der Waals surface area contributed by atoms with Crippen LogP contribution in [0.2, 0.25) is 0 Å². The molecule has 2 aromatic rings. The number of fused-ring (bicyclic) bond motifs is 1. The van der Waals surface area contributed by atoms with Gasteiger partial charge in [-0.2, -0.15) is 0 Å². The average molecular weight is 186 g/mol. The van der Waals surface area contributed by atoms with Crippen LogP contribution in [0.15, 0.2) is 30.6 Å². The lowest BCUT2D eigenvalue weighted by Crippen LogP contribution is -1.79. The molecule has 0 saturated carbocycles. The number of nitrogens with one attached hydrogen (secondary N) is 1. The minimum Gasteiger partial charge on any atom is -0.346 e. The molecule has 0 unspecified atom stereocenters. The highest BCUT2D eigenvalue weighted by molar-refractivity contribution is 5.95. The molecule has 70 valence electrons. The van der Waals surface area contributed by atoms with Gasteiger partial charge in [-0.15, -0.1) is 0 Å². The first kappa shape index (κ1) is 8.69. The second kappa shape index (κ2) is 3.46. The Kier molecular flexibility index (Phi) is 2.14. The van der Waals surface area contributed by atoms with Crippen LogP contribution in [0.4, 0.5) is 0 Å². The van der Waals surface area contributed by atoms with Gasteiger partial charge < -0.3 is 4.98 Å². The standard InChI is InChI=1S/C11H10N2O/c1-8(14)4-5-9-7-13-11-10(9)3-2-6-12-11/h2-7H,1H3,(H,12,13). The van der Waals surface area contributed by atoms with Crippen molar-refractivity contribution < 1.29 is 4.79 Å². The summed E-state index contributed by atoms with van der Waals surface area (Å²) in [5, 5.41) is 1.03. The number of aromatic amines is 1. The van der Waals surface area contributed by atoms with Crippen LogP contribution in [0.25, 0.3) is 17.1 Å². The van der Waals surface area contributed by atoms with E-state index in [0.717, 1.165) is 16.6 Å². The van der Waals surface area contributed by atoms with Gasteiger partial charge in [0.2, 0.25) is 0 Å². The summed E-state index contributed by atoms with van der Waals surface area (Å²) in [4.78, 5) is 18.0. The first-order valence-corrected chi connectivity index (χ1v) is 4.38. The van der Waals surface area contributed by atoms with Gasteiger partial charge in [0.25, 0.3) is 0 Å². The smallest absolute Gasteiger partial charge is 0.152 e. The van der Waals surface area contributed by atoms with Gasteiger partial charge in [-0.05, 0) is 31.2 Å². The Morgan fingerprint density at radius 2 is 2.43 bits per heavy atom. The summed E-state index contributed by atoms with van der Waals surface area (Å²) in [6, 6.07) is 3.85. The fourth-order valence-electron chi connectivity index (χ4n) is 1.32. The molecule has 0 aliphatic carbocycles. The zero-order valence-corrected chi connectivity index (χ0v) is 7.82. The molecule has 0 fully saturated rings. The predicted molar refractivity (Wildman–Crippen MR) is 55.8 cm³/mol. The van der Waals surface area contributed by atoms with E-state index in [9.17, 15) is 4.79 Å². The van der Waals surface area contributed by atoms with E-state index in [-0.39, 0.29) is 5.78 Å². The lowest BCUT2D eigenvalue weighted by Gasteiger charge is -1.88. The van der Waals surface area contributed by atoms with Gasteiger partial charge in [0.05, 0.1) is 0 Å². The zero-order valence-electron chi connectivity index (χ0n) is 7.82. The van der Waals surface area contributed by atoms with E-state index in [2.05, 4.69) is 9.97 Å². The van der Waals surface area contributed by atoms with Crippen molar-refractivity contribution >= 4 is 22.9 Å². The maximum atomic E-state index is 10.8. The number of rotatable bonds is 2. The molecule has 3 heteroatoms. The molecule has 0 amide bonds. The highest BCUT2D eigenvalue weighted by atomic mass is 16.1. The van der Waals surface area contributed by atoms with Crippen LogP contribution < -0.4 is 0 Å². The Morgan fingerprint density at radius 3 is 3.21 bits per heavy atom. The molecule has 0 aliphatic heterocycles. The third-order valence-corrected chi connectivity index (χ3v) is 1.98. The van der Waals surface area contributed by atoms with Crippen LogP contribution >= 0.6 is 0 Å². The molecular formula is C11H10N2O. The van der Waals surface area contributed by atoms with Crippen molar-refractivity contribution in [1.29, 1.82) is 0 Å². The fraction of sp³-hybridized carbons (Fsp3) is 0.0909. The lowest BCUT2D eigenvalue weighted by molar-refractivity contribution is -0.112. The number of hydrogen-bond acceptors (Lipinski definition) is 2. The molecule has 0 aliphatic rings. The molecule has 2 rings (SSSR count). The SMILES string of the molecule is CC(=O)C=Cc1c[nH]c2ncccc12. The summed E-state index contributed by atoms with van der Waals surface area (Å²) in [6.07, 6.45) is 6.92. The second-order valence-electron chi connectivity index (χ2n) is 3.09. The quantitative estimate of drug-likeness (QED) is 0.730. The Bertz CT molecular complexity index is 497. The van der Waals surface area contributed by atoms with Crippen LogP contribution in [0.5, 0.6) is 0 Å². The van der Waals surface area contributed by atoms with Gasteiger partial charge in [-0.25, -0.2) is 4.98 Å². The van der Waals surface area contributed by atoms with E-state index >= 15 is 0 Å². The number of ketones is 1. The van der Waals surface area contributed by atoms with E-state index in [1.807, 2.05) is 18.3 Å². The first-order valence-electron chi connectivity index (χ1n) is 4.38. The van der Waals surface area contributed by atoms with Crippen LogP contribution in [0, 0.1) is 0 Å². The zero-order chi connectivity index (χ0) is 9.97. The minimum atomic E-state index is 0.0447. The molecule has 2 aromatic heterocycles. The Morgan fingerprint density at radius 1 is 1.57 bits per heavy atom. The molecular weight excluding hydrogens is 176 g/mol. The van der Waals surface area contributed by atoms with Gasteiger partial charge in [0.15, 0.2) is 5.78 Å². The average Bonchev–Trinajstić information content (AvgIpc) is 2.58. The molecule has 0 saturated heterocycles. The summed E-state index contributed by atoms with van der Waals surface area (Å²) in [5.41, 5.74) is 1.83. The van der Waals surface area contributed by atoms with E-state index in [0.29, 0.717) is 0 Å². The van der Waals surface area contributed by atoms with E-state index in [1.54, 1.807) is 18.3 Å². The van der Waals surface area contributed by atoms with Crippen LogP contribution in [0.3, 0.4) is 0 Å². The maximum Gasteiger partial charge on any atom is 0.152 e. The fourth-order valence-corrected chi connectivity index (χ4v) is 1.32. The van der Waals surface area contributed by atoms with Crippen molar-refractivity contribution in [3.8, 4) is 0 Å². The summed E-state index contributed by atoms with van der Waals surface area (Å²) in [5.74, 6) is 0.0447. The van der Waals surface area contributed by atoms with Gasteiger partial charge in [-0.1, -0.05) is 0 Å². The predicted octanol–water partition coefficient (Wildman–Crippen LogP) is 2.17. The first-order chi connectivity index (χ1) is 6.77. The van der Waals surface area contributed by atoms with Gasteiger partial charge >= 0.3 is 0 Å². The molecule has 0 radical (unpaired) electrons. The largest absolute Gasteiger partial charge is 0.346 e. The number of allylic oxidation sites excluding steroid dienone is 1. The second-order valence-corrected chi connectivity index (χ2v) is 3.09. The Balaban J connectivity index is 2.48. The van der Waals surface area contributed by atoms with Gasteiger partial charge in [0.1, 0.15) is 5.65 Å². The molecule has 0 atom stereocenters. The number of pyridine rings is 1. The number of nitrogens with zero attached hydrogens (tertiary/aromatic N) is 1. The number of carbonyl (C=O) groups is 1. The van der Waals surface area contributed by atoms with E-state index in [4.69, 9.17) is 0 Å². The third-order valence-electron chi connectivity index (χ3n) is 1.98. The van der Waals surface area contributed by atoms with Crippen molar-refractivity contribution in [2.24, 2.45) is 0 Å². The van der Waals surface area contributed by atoms with Crippen LogP contribution in [-0.2, 0) is 4.79 Å². The number of carbonyl (C=O) groups excluding carboxylic acids is 1. The highest BCUT2D eigenvalue weighted by Crippen LogP contribution is 2.16. The normalized spacial score (nSPS) is 11.2. The van der Waals surface area contributed by atoms with Gasteiger partial charge in [-0.3, -0.25) is 4.79 Å².